The molecule has 0 saturated heterocycles. The van der Waals surface area contributed by atoms with E-state index < -0.39 is 18.2 Å². The second-order valence-corrected chi connectivity index (χ2v) is 11.3. The highest BCUT2D eigenvalue weighted by Crippen LogP contribution is 2.21. The van der Waals surface area contributed by atoms with Gasteiger partial charge in [0.15, 0.2) is 0 Å². The van der Waals surface area contributed by atoms with Crippen LogP contribution in [-0.2, 0) is 4.74 Å². The van der Waals surface area contributed by atoms with Crippen LogP contribution in [0.5, 0.6) is 17.2 Å². The molecular weight excluding hydrogens is 618 g/mol. The molecule has 48 heavy (non-hydrogen) atoms. The molecule has 0 heterocycles. The van der Waals surface area contributed by atoms with Crippen LogP contribution < -0.4 is 24.8 Å². The number of aliphatic hydroxyl groups is 1. The van der Waals surface area contributed by atoms with Gasteiger partial charge in [0, 0.05) is 24.5 Å². The van der Waals surface area contributed by atoms with Crippen molar-refractivity contribution in [1.82, 2.24) is 4.90 Å². The molecule has 260 valence electrons. The van der Waals surface area contributed by atoms with E-state index in [1.807, 2.05) is 4.90 Å². The van der Waals surface area contributed by atoms with Crippen molar-refractivity contribution in [3.05, 3.63) is 78.4 Å². The number of carbonyl (C=O) groups is 3. The molecule has 0 saturated carbocycles. The lowest BCUT2D eigenvalue weighted by Crippen LogP contribution is -2.32. The van der Waals surface area contributed by atoms with E-state index in [9.17, 15) is 19.5 Å². The molecule has 3 aromatic rings. The Bertz CT molecular complexity index is 1380. The van der Waals surface area contributed by atoms with E-state index in [1.165, 1.54) is 12.1 Å². The SMILES string of the molecule is CCC(C)COc1ccc(C(=O)Oc2ccc(OCCCCCCN(CCO)CCOC(=O)Nc3ccc(NC(=O)O)cc3)cc2)cc1. The summed E-state index contributed by atoms with van der Waals surface area (Å²) in [5.41, 5.74) is 1.31. The smallest absolute Gasteiger partial charge is 0.411 e. The quantitative estimate of drug-likeness (QED) is 0.0536. The van der Waals surface area contributed by atoms with E-state index in [0.29, 0.717) is 60.7 Å². The van der Waals surface area contributed by atoms with Crippen LogP contribution in [0.15, 0.2) is 72.8 Å². The zero-order chi connectivity index (χ0) is 34.6. The Morgan fingerprint density at radius 3 is 1.98 bits per heavy atom. The number of esters is 1. The summed E-state index contributed by atoms with van der Waals surface area (Å²) in [4.78, 5) is 37.3. The van der Waals surface area contributed by atoms with Gasteiger partial charge < -0.3 is 29.2 Å². The molecular formula is C36H47N3O9. The standard InChI is InChI=1S/C36H47N3O9/c1-3-27(2)26-47-32-14-8-28(9-15-32)34(41)48-33-18-16-31(17-19-33)45-24-7-5-4-6-20-39(21-23-40)22-25-46-36(44)38-30-12-10-29(11-13-30)37-35(42)43/h8-19,27,37,40H,3-7,20-26H2,1-2H3,(H,38,44)(H,42,43). The second kappa shape index (κ2) is 21.1. The number of carbonyl (C=O) groups excluding carboxylic acids is 2. The third-order valence-corrected chi connectivity index (χ3v) is 7.43. The number of hydrogen-bond donors (Lipinski definition) is 4. The van der Waals surface area contributed by atoms with Gasteiger partial charge in [-0.25, -0.2) is 14.4 Å². The molecule has 12 heteroatoms. The monoisotopic (exact) mass is 665 g/mol. The Labute approximate surface area is 282 Å². The zero-order valence-electron chi connectivity index (χ0n) is 27.7. The molecule has 0 aliphatic heterocycles. The fraction of sp³-hybridized carbons (Fsp3) is 0.417. The molecule has 12 nitrogen and oxygen atoms in total. The molecule has 1 unspecified atom stereocenters. The molecule has 2 amide bonds. The molecule has 0 fully saturated rings. The van der Waals surface area contributed by atoms with Crippen LogP contribution in [0.4, 0.5) is 21.0 Å². The molecule has 0 aliphatic rings. The third-order valence-electron chi connectivity index (χ3n) is 7.43. The molecule has 4 N–H and O–H groups in total. The minimum Gasteiger partial charge on any atom is -0.494 e. The summed E-state index contributed by atoms with van der Waals surface area (Å²) in [6.45, 7) is 7.36. The maximum atomic E-state index is 12.5. The first-order valence-electron chi connectivity index (χ1n) is 16.3. The highest BCUT2D eigenvalue weighted by atomic mass is 16.5. The van der Waals surface area contributed by atoms with Crippen molar-refractivity contribution in [2.24, 2.45) is 5.92 Å². The van der Waals surface area contributed by atoms with Crippen LogP contribution in [-0.4, -0.2) is 79.3 Å². The maximum absolute atomic E-state index is 12.5. The Hall–Kier alpha value is -4.81. The molecule has 0 bridgehead atoms. The topological polar surface area (TPSA) is 156 Å². The number of hydrogen-bond acceptors (Lipinski definition) is 9. The van der Waals surface area contributed by atoms with Crippen molar-refractivity contribution in [3.8, 4) is 17.2 Å². The number of carboxylic acid groups (broad SMARTS) is 1. The maximum Gasteiger partial charge on any atom is 0.411 e. The molecule has 0 radical (unpaired) electrons. The number of unbranched alkanes of at least 4 members (excludes halogenated alkanes) is 3. The van der Waals surface area contributed by atoms with E-state index in [2.05, 4.69) is 24.5 Å². The van der Waals surface area contributed by atoms with E-state index >= 15 is 0 Å². The Morgan fingerprint density at radius 1 is 0.729 bits per heavy atom. The van der Waals surface area contributed by atoms with Crippen LogP contribution >= 0.6 is 0 Å². The molecule has 0 aliphatic carbocycles. The van der Waals surface area contributed by atoms with E-state index in [4.69, 9.17) is 24.1 Å². The van der Waals surface area contributed by atoms with Crippen LogP contribution in [0.3, 0.4) is 0 Å². The van der Waals surface area contributed by atoms with Gasteiger partial charge in [-0.1, -0.05) is 33.1 Å². The normalized spacial score (nSPS) is 11.4. The van der Waals surface area contributed by atoms with Gasteiger partial charge in [-0.05, 0) is 98.1 Å². The summed E-state index contributed by atoms with van der Waals surface area (Å²) in [5, 5.41) is 23.0. The Kier molecular flexibility index (Phi) is 16.6. The van der Waals surface area contributed by atoms with Crippen molar-refractivity contribution in [2.75, 3.05) is 56.7 Å². The first kappa shape index (κ1) is 37.6. The van der Waals surface area contributed by atoms with Crippen molar-refractivity contribution >= 4 is 29.5 Å². The average Bonchev–Trinajstić information content (AvgIpc) is 3.08. The summed E-state index contributed by atoms with van der Waals surface area (Å²) in [6, 6.07) is 20.1. The molecule has 3 rings (SSSR count). The zero-order valence-corrected chi connectivity index (χ0v) is 27.7. The number of aliphatic hydroxyl groups excluding tert-OH is 1. The average molecular weight is 666 g/mol. The predicted octanol–water partition coefficient (Wildman–Crippen LogP) is 6.90. The van der Waals surface area contributed by atoms with E-state index in [0.717, 1.165) is 44.4 Å². The molecule has 0 spiro atoms. The number of ether oxygens (including phenoxy) is 4. The summed E-state index contributed by atoms with van der Waals surface area (Å²) >= 11 is 0. The van der Waals surface area contributed by atoms with Crippen molar-refractivity contribution < 1.29 is 43.5 Å². The van der Waals surface area contributed by atoms with Gasteiger partial charge in [0.05, 0.1) is 25.4 Å². The van der Waals surface area contributed by atoms with Crippen molar-refractivity contribution in [2.45, 2.75) is 46.0 Å². The van der Waals surface area contributed by atoms with Crippen LogP contribution in [0.1, 0.15) is 56.3 Å². The van der Waals surface area contributed by atoms with Gasteiger partial charge in [-0.15, -0.1) is 0 Å². The fourth-order valence-corrected chi connectivity index (χ4v) is 4.45. The van der Waals surface area contributed by atoms with E-state index in [-0.39, 0.29) is 13.2 Å². The molecule has 1 atom stereocenters. The number of rotatable bonds is 21. The van der Waals surface area contributed by atoms with Gasteiger partial charge in [-0.2, -0.15) is 0 Å². The predicted molar refractivity (Wildman–Crippen MR) is 183 cm³/mol. The Morgan fingerprint density at radius 2 is 1.33 bits per heavy atom. The first-order valence-corrected chi connectivity index (χ1v) is 16.3. The van der Waals surface area contributed by atoms with Crippen LogP contribution in [0, 0.1) is 5.92 Å². The number of anilines is 2. The number of nitrogens with one attached hydrogen (secondary N) is 2. The van der Waals surface area contributed by atoms with E-state index in [1.54, 1.807) is 60.7 Å². The second-order valence-electron chi connectivity index (χ2n) is 11.3. The lowest BCUT2D eigenvalue weighted by Gasteiger charge is -2.21. The van der Waals surface area contributed by atoms with Gasteiger partial charge in [0.1, 0.15) is 23.9 Å². The largest absolute Gasteiger partial charge is 0.494 e. The Balaban J connectivity index is 1.25. The summed E-state index contributed by atoms with van der Waals surface area (Å²) < 4.78 is 22.3. The minimum absolute atomic E-state index is 0.00984. The van der Waals surface area contributed by atoms with Gasteiger partial charge in [-0.3, -0.25) is 15.5 Å². The molecule has 0 aromatic heterocycles. The summed E-state index contributed by atoms with van der Waals surface area (Å²) in [6.07, 6.45) is 3.03. The number of amides is 2. The highest BCUT2D eigenvalue weighted by molar-refractivity contribution is 5.91. The van der Waals surface area contributed by atoms with Crippen LogP contribution in [0.2, 0.25) is 0 Å². The van der Waals surface area contributed by atoms with Gasteiger partial charge in [0.2, 0.25) is 0 Å². The minimum atomic E-state index is -1.17. The van der Waals surface area contributed by atoms with Crippen molar-refractivity contribution in [3.63, 3.8) is 0 Å². The number of benzene rings is 3. The van der Waals surface area contributed by atoms with Gasteiger partial charge in [0.25, 0.3) is 0 Å². The lowest BCUT2D eigenvalue weighted by atomic mass is 10.1. The lowest BCUT2D eigenvalue weighted by molar-refractivity contribution is 0.0734. The van der Waals surface area contributed by atoms with Crippen LogP contribution in [0.25, 0.3) is 0 Å². The summed E-state index contributed by atoms with van der Waals surface area (Å²) in [7, 11) is 0. The van der Waals surface area contributed by atoms with Crippen molar-refractivity contribution in [1.29, 1.82) is 0 Å². The highest BCUT2D eigenvalue weighted by Gasteiger charge is 2.11. The summed E-state index contributed by atoms with van der Waals surface area (Å²) in [5.74, 6) is 1.88. The molecule has 3 aromatic carbocycles. The number of nitrogens with zero attached hydrogens (tertiary/aromatic N) is 1. The third kappa shape index (κ3) is 14.7. The fourth-order valence-electron chi connectivity index (χ4n) is 4.45. The van der Waals surface area contributed by atoms with Gasteiger partial charge >= 0.3 is 18.2 Å². The first-order chi connectivity index (χ1) is 23.2.